The highest BCUT2D eigenvalue weighted by atomic mass is 16.5. The van der Waals surface area contributed by atoms with Gasteiger partial charge < -0.3 is 9.84 Å². The minimum absolute atomic E-state index is 0.0644. The fraction of sp³-hybridized carbons (Fsp3) is 0.727. The third kappa shape index (κ3) is 3.64. The minimum Gasteiger partial charge on any atom is -0.388 e. The largest absolute Gasteiger partial charge is 0.388 e. The summed E-state index contributed by atoms with van der Waals surface area (Å²) in [5, 5.41) is 14.0. The molecule has 2 atom stereocenters. The fourth-order valence-corrected chi connectivity index (χ4v) is 1.45. The average Bonchev–Trinajstić information content (AvgIpc) is 2.67. The second kappa shape index (κ2) is 5.88. The zero-order chi connectivity index (χ0) is 11.3. The molecule has 1 heterocycles. The molecule has 0 radical (unpaired) electrons. The molecule has 0 aliphatic carbocycles. The smallest absolute Gasteiger partial charge is 0.0845 e. The number of aliphatic hydroxyl groups excluding tert-OH is 1. The molecule has 15 heavy (non-hydrogen) atoms. The van der Waals surface area contributed by atoms with E-state index in [2.05, 4.69) is 12.0 Å². The Labute approximate surface area is 90.9 Å². The van der Waals surface area contributed by atoms with E-state index in [1.54, 1.807) is 13.3 Å². The third-order valence-corrected chi connectivity index (χ3v) is 2.45. The number of aromatic nitrogens is 2. The molecule has 1 N–H and O–H groups in total. The van der Waals surface area contributed by atoms with Gasteiger partial charge in [0, 0.05) is 31.8 Å². The van der Waals surface area contributed by atoms with E-state index in [0.717, 1.165) is 18.5 Å². The molecule has 0 aliphatic rings. The number of rotatable bonds is 6. The van der Waals surface area contributed by atoms with E-state index in [1.807, 2.05) is 17.8 Å². The van der Waals surface area contributed by atoms with Gasteiger partial charge in [-0.05, 0) is 13.3 Å². The Kier molecular flexibility index (Phi) is 4.78. The highest BCUT2D eigenvalue weighted by molar-refractivity contribution is 5.07. The van der Waals surface area contributed by atoms with Crippen LogP contribution in [0.3, 0.4) is 0 Å². The first-order valence-electron chi connectivity index (χ1n) is 5.40. The van der Waals surface area contributed by atoms with E-state index in [1.165, 1.54) is 0 Å². The van der Waals surface area contributed by atoms with Crippen molar-refractivity contribution in [2.45, 2.75) is 45.4 Å². The molecule has 4 nitrogen and oxygen atoms in total. The monoisotopic (exact) mass is 212 g/mol. The lowest BCUT2D eigenvalue weighted by Gasteiger charge is -2.13. The van der Waals surface area contributed by atoms with Crippen LogP contribution in [0.1, 0.15) is 38.4 Å². The zero-order valence-corrected chi connectivity index (χ0v) is 9.68. The summed E-state index contributed by atoms with van der Waals surface area (Å²) in [7, 11) is 1.65. The van der Waals surface area contributed by atoms with Gasteiger partial charge in [0.15, 0.2) is 0 Å². The van der Waals surface area contributed by atoms with Gasteiger partial charge in [-0.15, -0.1) is 0 Å². The van der Waals surface area contributed by atoms with Crippen LogP contribution in [0, 0.1) is 0 Å². The van der Waals surface area contributed by atoms with E-state index < -0.39 is 6.10 Å². The Morgan fingerprint density at radius 2 is 2.33 bits per heavy atom. The molecule has 1 aromatic heterocycles. The van der Waals surface area contributed by atoms with Crippen molar-refractivity contribution in [3.8, 4) is 0 Å². The molecule has 0 spiro atoms. The second-order valence-corrected chi connectivity index (χ2v) is 3.83. The highest BCUT2D eigenvalue weighted by Gasteiger charge is 2.13. The van der Waals surface area contributed by atoms with Gasteiger partial charge in [-0.3, -0.25) is 4.68 Å². The summed E-state index contributed by atoms with van der Waals surface area (Å²) in [5.74, 6) is 0. The Bertz CT molecular complexity index is 286. The summed E-state index contributed by atoms with van der Waals surface area (Å²) in [5.41, 5.74) is 0.868. The highest BCUT2D eigenvalue weighted by Crippen LogP contribution is 2.18. The molecule has 0 amide bonds. The summed E-state index contributed by atoms with van der Waals surface area (Å²) in [4.78, 5) is 0. The van der Waals surface area contributed by atoms with E-state index >= 15 is 0 Å². The second-order valence-electron chi connectivity index (χ2n) is 3.83. The van der Waals surface area contributed by atoms with E-state index in [0.29, 0.717) is 6.42 Å². The predicted octanol–water partition coefficient (Wildman–Crippen LogP) is 1.75. The van der Waals surface area contributed by atoms with Crippen molar-refractivity contribution in [1.82, 2.24) is 9.78 Å². The summed E-state index contributed by atoms with van der Waals surface area (Å²) < 4.78 is 6.97. The molecule has 1 aromatic rings. The lowest BCUT2D eigenvalue weighted by Crippen LogP contribution is -2.10. The maximum atomic E-state index is 9.87. The van der Waals surface area contributed by atoms with Crippen molar-refractivity contribution in [2.75, 3.05) is 7.11 Å². The summed E-state index contributed by atoms with van der Waals surface area (Å²) in [6.45, 7) is 4.94. The van der Waals surface area contributed by atoms with Crippen LogP contribution >= 0.6 is 0 Å². The molecule has 2 unspecified atom stereocenters. The molecule has 0 aromatic carbocycles. The zero-order valence-electron chi connectivity index (χ0n) is 9.68. The SMILES string of the molecule is CCCn1cc(C(O)CC(C)OC)cn1. The minimum atomic E-state index is -0.481. The summed E-state index contributed by atoms with van der Waals surface area (Å²) in [6.07, 6.45) is 4.86. The number of hydrogen-bond donors (Lipinski definition) is 1. The van der Waals surface area contributed by atoms with E-state index in [-0.39, 0.29) is 6.10 Å². The Hall–Kier alpha value is -0.870. The van der Waals surface area contributed by atoms with Crippen molar-refractivity contribution < 1.29 is 9.84 Å². The maximum Gasteiger partial charge on any atom is 0.0845 e. The molecular formula is C11H20N2O2. The van der Waals surface area contributed by atoms with Crippen LogP contribution in [-0.2, 0) is 11.3 Å². The lowest BCUT2D eigenvalue weighted by atomic mass is 10.1. The fourth-order valence-electron chi connectivity index (χ4n) is 1.45. The number of nitrogens with zero attached hydrogens (tertiary/aromatic N) is 2. The Morgan fingerprint density at radius 3 is 2.93 bits per heavy atom. The normalized spacial score (nSPS) is 15.2. The topological polar surface area (TPSA) is 47.3 Å². The van der Waals surface area contributed by atoms with Crippen LogP contribution in [0.4, 0.5) is 0 Å². The number of hydrogen-bond acceptors (Lipinski definition) is 3. The van der Waals surface area contributed by atoms with Gasteiger partial charge in [-0.1, -0.05) is 6.92 Å². The van der Waals surface area contributed by atoms with Crippen LogP contribution < -0.4 is 0 Å². The molecule has 86 valence electrons. The van der Waals surface area contributed by atoms with Gasteiger partial charge >= 0.3 is 0 Å². The summed E-state index contributed by atoms with van der Waals surface area (Å²) >= 11 is 0. The van der Waals surface area contributed by atoms with Crippen LogP contribution in [-0.4, -0.2) is 28.1 Å². The van der Waals surface area contributed by atoms with E-state index in [9.17, 15) is 5.11 Å². The quantitative estimate of drug-likeness (QED) is 0.781. The average molecular weight is 212 g/mol. The first kappa shape index (κ1) is 12.2. The summed E-state index contributed by atoms with van der Waals surface area (Å²) in [6, 6.07) is 0. The molecule has 4 heteroatoms. The van der Waals surface area contributed by atoms with Crippen LogP contribution in [0.2, 0.25) is 0 Å². The lowest BCUT2D eigenvalue weighted by molar-refractivity contribution is 0.0559. The van der Waals surface area contributed by atoms with Crippen molar-refractivity contribution in [3.05, 3.63) is 18.0 Å². The molecule has 0 saturated heterocycles. The van der Waals surface area contributed by atoms with Crippen LogP contribution in [0.5, 0.6) is 0 Å². The molecule has 0 aliphatic heterocycles. The van der Waals surface area contributed by atoms with Crippen molar-refractivity contribution in [1.29, 1.82) is 0 Å². The van der Waals surface area contributed by atoms with Gasteiger partial charge in [0.2, 0.25) is 0 Å². The van der Waals surface area contributed by atoms with Gasteiger partial charge in [0.1, 0.15) is 0 Å². The number of aryl methyl sites for hydroxylation is 1. The number of ether oxygens (including phenoxy) is 1. The first-order chi connectivity index (χ1) is 7.17. The van der Waals surface area contributed by atoms with Gasteiger partial charge in [-0.25, -0.2) is 0 Å². The molecule has 0 fully saturated rings. The molecule has 1 rings (SSSR count). The van der Waals surface area contributed by atoms with Crippen molar-refractivity contribution >= 4 is 0 Å². The van der Waals surface area contributed by atoms with Gasteiger partial charge in [-0.2, -0.15) is 5.10 Å². The number of methoxy groups -OCH3 is 1. The van der Waals surface area contributed by atoms with Gasteiger partial charge in [0.05, 0.1) is 18.4 Å². The van der Waals surface area contributed by atoms with Crippen molar-refractivity contribution in [2.24, 2.45) is 0 Å². The Balaban J connectivity index is 2.53. The maximum absolute atomic E-state index is 9.87. The third-order valence-electron chi connectivity index (χ3n) is 2.45. The standard InChI is InChI=1S/C11H20N2O2/c1-4-5-13-8-10(7-12-13)11(14)6-9(2)15-3/h7-9,11,14H,4-6H2,1-3H3. The Morgan fingerprint density at radius 1 is 1.60 bits per heavy atom. The predicted molar refractivity (Wildman–Crippen MR) is 58.6 cm³/mol. The van der Waals surface area contributed by atoms with Crippen molar-refractivity contribution in [3.63, 3.8) is 0 Å². The molecular weight excluding hydrogens is 192 g/mol. The van der Waals surface area contributed by atoms with Crippen LogP contribution in [0.25, 0.3) is 0 Å². The molecule has 0 saturated carbocycles. The van der Waals surface area contributed by atoms with E-state index in [4.69, 9.17) is 4.74 Å². The first-order valence-corrected chi connectivity index (χ1v) is 5.40. The number of aliphatic hydroxyl groups is 1. The van der Waals surface area contributed by atoms with Crippen LogP contribution in [0.15, 0.2) is 12.4 Å². The molecule has 0 bridgehead atoms. The van der Waals surface area contributed by atoms with Gasteiger partial charge in [0.25, 0.3) is 0 Å².